The second kappa shape index (κ2) is 11.4. The molecule has 0 radical (unpaired) electrons. The molecule has 1 spiro atoms. The van der Waals surface area contributed by atoms with Gasteiger partial charge in [-0.25, -0.2) is 4.79 Å². The molecule has 14 atom stereocenters. The highest BCUT2D eigenvalue weighted by Crippen LogP contribution is 2.80. The Morgan fingerprint density at radius 1 is 0.979 bits per heavy atom. The monoisotopic (exact) mass is 659 g/mol. The normalized spacial score (nSPS) is 47.4. The zero-order chi connectivity index (χ0) is 33.7. The van der Waals surface area contributed by atoms with E-state index in [1.54, 1.807) is 52.7 Å². The van der Waals surface area contributed by atoms with E-state index in [0.29, 0.717) is 37.4 Å². The van der Waals surface area contributed by atoms with Gasteiger partial charge in [0.2, 0.25) is 0 Å². The molecule has 47 heavy (non-hydrogen) atoms. The summed E-state index contributed by atoms with van der Waals surface area (Å²) in [5.41, 5.74) is -3.89. The van der Waals surface area contributed by atoms with Gasteiger partial charge in [0, 0.05) is 89.4 Å². The Labute approximate surface area is 275 Å². The molecule has 1 aromatic carbocycles. The number of esters is 2. The molecule has 6 fully saturated rings. The predicted molar refractivity (Wildman–Crippen MR) is 166 cm³/mol. The van der Waals surface area contributed by atoms with E-state index in [0.717, 1.165) is 0 Å². The first-order valence-corrected chi connectivity index (χ1v) is 16.7. The highest BCUT2D eigenvalue weighted by Gasteiger charge is 2.90. The Morgan fingerprint density at radius 2 is 1.68 bits per heavy atom. The van der Waals surface area contributed by atoms with E-state index in [2.05, 4.69) is 11.8 Å². The number of carbonyl (C=O) groups is 2. The third-order valence-electron chi connectivity index (χ3n) is 13.4. The molecule has 6 aliphatic rings. The third-order valence-corrected chi connectivity index (χ3v) is 13.4. The molecule has 260 valence electrons. The van der Waals surface area contributed by atoms with Crippen molar-refractivity contribution in [3.63, 3.8) is 0 Å². The van der Waals surface area contributed by atoms with Gasteiger partial charge in [-0.15, -0.1) is 0 Å². The quantitative estimate of drug-likeness (QED) is 0.353. The summed E-state index contributed by atoms with van der Waals surface area (Å²) in [5.74, 6) is -2.10. The number of aliphatic hydroxyl groups is 2. The number of hydrogen-bond donors (Lipinski definition) is 2. The number of benzene rings is 1. The maximum Gasteiger partial charge on any atom is 0.338 e. The fraction of sp³-hybridized carbons (Fsp3) is 0.771. The molecule has 7 bridgehead atoms. The van der Waals surface area contributed by atoms with Gasteiger partial charge in [0.1, 0.15) is 23.1 Å². The number of likely N-dealkylation sites (tertiary alicyclic amines) is 1. The number of fused-ring (bicyclic) bond motifs is 2. The lowest BCUT2D eigenvalue weighted by atomic mass is 9.42. The van der Waals surface area contributed by atoms with Crippen LogP contribution in [0.3, 0.4) is 0 Å². The summed E-state index contributed by atoms with van der Waals surface area (Å²) in [6, 6.07) is 6.44. The van der Waals surface area contributed by atoms with Gasteiger partial charge < -0.3 is 43.4 Å². The number of piperidine rings is 1. The molecule has 12 heteroatoms. The van der Waals surface area contributed by atoms with Gasteiger partial charge in [-0.2, -0.15) is 0 Å². The molecule has 12 nitrogen and oxygen atoms in total. The van der Waals surface area contributed by atoms with E-state index in [1.165, 1.54) is 14.0 Å². The van der Waals surface area contributed by atoms with Crippen molar-refractivity contribution in [2.24, 2.45) is 34.5 Å². The number of nitrogens with zero attached hydrogens (tertiary/aromatic N) is 1. The number of aliphatic hydroxyl groups excluding tert-OH is 1. The largest absolute Gasteiger partial charge is 0.497 e. The third kappa shape index (κ3) is 4.00. The highest BCUT2D eigenvalue weighted by molar-refractivity contribution is 5.89. The van der Waals surface area contributed by atoms with E-state index in [-0.39, 0.29) is 30.7 Å². The molecule has 0 aromatic heterocycles. The van der Waals surface area contributed by atoms with Crippen LogP contribution in [0.1, 0.15) is 43.5 Å². The Hall–Kier alpha value is -2.32. The fourth-order valence-corrected chi connectivity index (χ4v) is 12.4. The number of ether oxygens (including phenoxy) is 7. The number of methoxy groups -OCH3 is 5. The fourth-order valence-electron chi connectivity index (χ4n) is 12.4. The molecule has 1 heterocycles. The van der Waals surface area contributed by atoms with Crippen LogP contribution in [0, 0.1) is 34.5 Å². The number of rotatable bonds is 10. The second-order valence-corrected chi connectivity index (χ2v) is 14.7. The lowest BCUT2D eigenvalue weighted by Crippen LogP contribution is -2.79. The van der Waals surface area contributed by atoms with Crippen LogP contribution >= 0.6 is 0 Å². The summed E-state index contributed by atoms with van der Waals surface area (Å²) < 4.78 is 43.2. The van der Waals surface area contributed by atoms with Crippen LogP contribution < -0.4 is 4.74 Å². The standard InChI is InChI=1S/C35H49NO11/c1-8-36-16-32(17-41-3)22(38)13-23(43-5)35-21-14-33(40)24(44-6)15-34(47-18(2)37,26(29(35)36)27(45-7)28(32)35)25(21)30(33)46-31(39)19-9-11-20(42-4)12-10-19/h9-12,21-30,38,40H,8,13-17H2,1-7H3/t21-,22-,23+,24+,25-,26+,27+,28-,29-,30-,32+,33-,34-,35+/m1/s1. The highest BCUT2D eigenvalue weighted by atomic mass is 16.6. The van der Waals surface area contributed by atoms with Crippen molar-refractivity contribution in [2.75, 3.05) is 55.2 Å². The predicted octanol–water partition coefficient (Wildman–Crippen LogP) is 1.69. The average molecular weight is 660 g/mol. The Kier molecular flexibility index (Phi) is 8.02. The van der Waals surface area contributed by atoms with E-state index in [1.807, 2.05) is 0 Å². The number of hydrogen-bond acceptors (Lipinski definition) is 12. The molecule has 0 unspecified atom stereocenters. The van der Waals surface area contributed by atoms with E-state index in [4.69, 9.17) is 33.2 Å². The molecule has 0 amide bonds. The van der Waals surface area contributed by atoms with Crippen molar-refractivity contribution in [1.29, 1.82) is 0 Å². The molecule has 1 aliphatic heterocycles. The van der Waals surface area contributed by atoms with Crippen molar-refractivity contribution in [3.8, 4) is 5.75 Å². The molecular formula is C35H49NO11. The van der Waals surface area contributed by atoms with Crippen molar-refractivity contribution in [2.45, 2.75) is 80.9 Å². The van der Waals surface area contributed by atoms with Gasteiger partial charge in [-0.1, -0.05) is 6.92 Å². The summed E-state index contributed by atoms with van der Waals surface area (Å²) >= 11 is 0. The summed E-state index contributed by atoms with van der Waals surface area (Å²) in [5, 5.41) is 24.8. The summed E-state index contributed by atoms with van der Waals surface area (Å²) in [6.45, 7) is 5.04. The Morgan fingerprint density at radius 3 is 2.26 bits per heavy atom. The van der Waals surface area contributed by atoms with Gasteiger partial charge in [-0.05, 0) is 43.1 Å². The molecular weight excluding hydrogens is 610 g/mol. The SMILES string of the molecule is CCN1C[C@]2(COC)[C@H](O)C[C@H](OC)[C@@]34[C@@H]5C[C@@]6(O)[C@@H](OC)C[C@@](OC(C)=O)([C@H]5[C@H]6OC(=O)c5ccc(OC)cc5)[C@@H]([C@H](OC)[C@H]23)[C@@H]14. The second-order valence-electron chi connectivity index (χ2n) is 14.7. The van der Waals surface area contributed by atoms with Crippen LogP contribution in [-0.2, 0) is 33.2 Å². The van der Waals surface area contributed by atoms with Crippen LogP contribution in [-0.4, -0.2) is 130 Å². The summed E-state index contributed by atoms with van der Waals surface area (Å²) in [7, 11) is 8.11. The molecule has 7 rings (SSSR count). The van der Waals surface area contributed by atoms with Crippen molar-refractivity contribution in [1.82, 2.24) is 4.90 Å². The minimum atomic E-state index is -1.58. The molecule has 2 N–H and O–H groups in total. The zero-order valence-electron chi connectivity index (χ0n) is 28.3. The topological polar surface area (TPSA) is 142 Å². The molecule has 5 saturated carbocycles. The van der Waals surface area contributed by atoms with Crippen LogP contribution in [0.5, 0.6) is 5.75 Å². The zero-order valence-corrected chi connectivity index (χ0v) is 28.3. The summed E-state index contributed by atoms with van der Waals surface area (Å²) in [6.07, 6.45) is -2.70. The Bertz CT molecular complexity index is 1390. The number of carbonyl (C=O) groups excluding carboxylic acids is 2. The van der Waals surface area contributed by atoms with E-state index in [9.17, 15) is 19.8 Å². The van der Waals surface area contributed by atoms with Gasteiger partial charge >= 0.3 is 11.9 Å². The van der Waals surface area contributed by atoms with Gasteiger partial charge in [0.15, 0.2) is 0 Å². The maximum atomic E-state index is 13.9. The van der Waals surface area contributed by atoms with Gasteiger partial charge in [0.25, 0.3) is 0 Å². The first-order chi connectivity index (χ1) is 22.5. The molecule has 5 aliphatic carbocycles. The molecule has 1 aromatic rings. The van der Waals surface area contributed by atoms with E-state index < -0.39 is 76.3 Å². The van der Waals surface area contributed by atoms with Crippen molar-refractivity contribution >= 4 is 11.9 Å². The lowest BCUT2D eigenvalue weighted by Gasteiger charge is -2.70. The van der Waals surface area contributed by atoms with Crippen molar-refractivity contribution in [3.05, 3.63) is 29.8 Å². The van der Waals surface area contributed by atoms with E-state index >= 15 is 0 Å². The first-order valence-electron chi connectivity index (χ1n) is 16.7. The van der Waals surface area contributed by atoms with Crippen molar-refractivity contribution < 1.29 is 53.0 Å². The minimum Gasteiger partial charge on any atom is -0.497 e. The summed E-state index contributed by atoms with van der Waals surface area (Å²) in [4.78, 5) is 29.5. The lowest BCUT2D eigenvalue weighted by molar-refractivity contribution is -0.300. The average Bonchev–Trinajstić information content (AvgIpc) is 3.43. The van der Waals surface area contributed by atoms with Crippen LogP contribution in [0.4, 0.5) is 0 Å². The maximum absolute atomic E-state index is 13.9. The molecule has 1 saturated heterocycles. The van der Waals surface area contributed by atoms with Crippen LogP contribution in [0.15, 0.2) is 24.3 Å². The first kappa shape index (κ1) is 33.2. The van der Waals surface area contributed by atoms with Gasteiger partial charge in [0.05, 0.1) is 43.7 Å². The van der Waals surface area contributed by atoms with Gasteiger partial charge in [-0.3, -0.25) is 9.69 Å². The van der Waals surface area contributed by atoms with Crippen LogP contribution in [0.25, 0.3) is 0 Å². The minimum absolute atomic E-state index is 0.179. The Balaban J connectivity index is 1.47. The van der Waals surface area contributed by atoms with Crippen LogP contribution in [0.2, 0.25) is 0 Å². The smallest absolute Gasteiger partial charge is 0.338 e.